The fourth-order valence-electron chi connectivity index (χ4n) is 2.21. The second-order valence-corrected chi connectivity index (χ2v) is 4.35. The largest absolute Gasteiger partial charge is 0.307 e. The van der Waals surface area contributed by atoms with Gasteiger partial charge < -0.3 is 9.88 Å². The highest BCUT2D eigenvalue weighted by Crippen LogP contribution is 2.24. The Bertz CT molecular complexity index is 483. The summed E-state index contributed by atoms with van der Waals surface area (Å²) in [4.78, 5) is 4.50. The number of aromatic nitrogens is 3. The summed E-state index contributed by atoms with van der Waals surface area (Å²) in [5.74, 6) is 1.93. The highest BCUT2D eigenvalue weighted by Gasteiger charge is 2.23. The highest BCUT2D eigenvalue weighted by molar-refractivity contribution is 5.93. The van der Waals surface area contributed by atoms with E-state index in [0.717, 1.165) is 42.6 Å². The molecule has 1 aromatic rings. The van der Waals surface area contributed by atoms with Crippen LogP contribution in [-0.4, -0.2) is 27.0 Å². The minimum absolute atomic E-state index is 0.280. The quantitative estimate of drug-likeness (QED) is 0.767. The third kappa shape index (κ3) is 1.39. The van der Waals surface area contributed by atoms with Crippen LogP contribution in [0.3, 0.4) is 0 Å². The number of hydrogen-bond donors (Lipinski definition) is 1. The number of aliphatic imine (C=N–C) groups is 1. The van der Waals surface area contributed by atoms with Crippen molar-refractivity contribution in [3.8, 4) is 0 Å². The molecular weight excluding hydrogens is 202 g/mol. The third-order valence-corrected chi connectivity index (χ3v) is 3.08. The number of nitrogens with zero attached hydrogens (tertiary/aromatic N) is 4. The van der Waals surface area contributed by atoms with Crippen molar-refractivity contribution in [3.05, 3.63) is 17.7 Å². The van der Waals surface area contributed by atoms with Crippen LogP contribution in [-0.2, 0) is 6.54 Å². The number of rotatable bonds is 1. The van der Waals surface area contributed by atoms with Crippen molar-refractivity contribution in [2.24, 2.45) is 4.99 Å². The van der Waals surface area contributed by atoms with E-state index in [2.05, 4.69) is 38.1 Å². The van der Waals surface area contributed by atoms with Crippen LogP contribution in [0.25, 0.3) is 5.70 Å². The summed E-state index contributed by atoms with van der Waals surface area (Å²) in [5, 5.41) is 11.9. The first kappa shape index (κ1) is 9.72. The minimum atomic E-state index is 0.280. The molecule has 5 heteroatoms. The molecule has 5 nitrogen and oxygen atoms in total. The van der Waals surface area contributed by atoms with E-state index in [1.807, 2.05) is 6.92 Å². The van der Waals surface area contributed by atoms with Gasteiger partial charge in [-0.2, -0.15) is 0 Å². The lowest BCUT2D eigenvalue weighted by atomic mass is 10.2. The monoisotopic (exact) mass is 217 g/mol. The molecule has 0 radical (unpaired) electrons. The van der Waals surface area contributed by atoms with E-state index in [4.69, 9.17) is 0 Å². The molecule has 0 aromatic carbocycles. The SMILES string of the molecule is CC1=NC(c2nnc3n2CCN[C@@H]3C)=CC1. The Morgan fingerprint density at radius 1 is 1.44 bits per heavy atom. The van der Waals surface area contributed by atoms with Gasteiger partial charge in [0.05, 0.1) is 6.04 Å². The molecule has 0 bridgehead atoms. The summed E-state index contributed by atoms with van der Waals surface area (Å²) in [6, 6.07) is 0.280. The van der Waals surface area contributed by atoms with Crippen LogP contribution in [0.15, 0.2) is 11.1 Å². The number of hydrogen-bond acceptors (Lipinski definition) is 4. The second-order valence-electron chi connectivity index (χ2n) is 4.35. The Kier molecular flexibility index (Phi) is 2.14. The average molecular weight is 217 g/mol. The van der Waals surface area contributed by atoms with E-state index in [1.165, 1.54) is 0 Å². The Morgan fingerprint density at radius 2 is 2.31 bits per heavy atom. The molecule has 0 saturated carbocycles. The van der Waals surface area contributed by atoms with Gasteiger partial charge in [0, 0.05) is 25.2 Å². The molecule has 0 spiro atoms. The van der Waals surface area contributed by atoms with Gasteiger partial charge in [-0.05, 0) is 19.9 Å². The van der Waals surface area contributed by atoms with Gasteiger partial charge in [-0.1, -0.05) is 0 Å². The first-order chi connectivity index (χ1) is 7.75. The van der Waals surface area contributed by atoms with E-state index in [0.29, 0.717) is 0 Å². The number of allylic oxidation sites excluding steroid dienone is 1. The van der Waals surface area contributed by atoms with Crippen LogP contribution in [0, 0.1) is 0 Å². The minimum Gasteiger partial charge on any atom is -0.307 e. The number of fused-ring (bicyclic) bond motifs is 1. The zero-order valence-electron chi connectivity index (χ0n) is 9.56. The zero-order chi connectivity index (χ0) is 11.1. The van der Waals surface area contributed by atoms with E-state index >= 15 is 0 Å². The third-order valence-electron chi connectivity index (χ3n) is 3.08. The van der Waals surface area contributed by atoms with Crippen LogP contribution >= 0.6 is 0 Å². The van der Waals surface area contributed by atoms with Gasteiger partial charge in [-0.25, -0.2) is 0 Å². The highest BCUT2D eigenvalue weighted by atomic mass is 15.3. The van der Waals surface area contributed by atoms with Crippen molar-refractivity contribution in [3.63, 3.8) is 0 Å². The molecule has 84 valence electrons. The Morgan fingerprint density at radius 3 is 3.06 bits per heavy atom. The molecule has 0 aliphatic carbocycles. The Labute approximate surface area is 94.3 Å². The molecule has 2 aliphatic rings. The topological polar surface area (TPSA) is 55.1 Å². The van der Waals surface area contributed by atoms with Gasteiger partial charge in [0.25, 0.3) is 0 Å². The lowest BCUT2D eigenvalue weighted by Crippen LogP contribution is -2.32. The average Bonchev–Trinajstić information content (AvgIpc) is 2.84. The Hall–Kier alpha value is -1.49. The molecule has 2 aliphatic heterocycles. The van der Waals surface area contributed by atoms with Crippen molar-refractivity contribution in [1.82, 2.24) is 20.1 Å². The van der Waals surface area contributed by atoms with Gasteiger partial charge >= 0.3 is 0 Å². The van der Waals surface area contributed by atoms with Crippen molar-refractivity contribution in [1.29, 1.82) is 0 Å². The van der Waals surface area contributed by atoms with Crippen molar-refractivity contribution in [2.45, 2.75) is 32.9 Å². The van der Waals surface area contributed by atoms with Gasteiger partial charge in [0.1, 0.15) is 11.5 Å². The summed E-state index contributed by atoms with van der Waals surface area (Å²) < 4.78 is 2.18. The van der Waals surface area contributed by atoms with E-state index in [-0.39, 0.29) is 6.04 Å². The van der Waals surface area contributed by atoms with Gasteiger partial charge in [-0.3, -0.25) is 4.99 Å². The maximum absolute atomic E-state index is 4.50. The molecule has 0 fully saturated rings. The molecule has 3 heterocycles. The smallest absolute Gasteiger partial charge is 0.182 e. The maximum atomic E-state index is 4.50. The molecule has 1 aromatic heterocycles. The summed E-state index contributed by atoms with van der Waals surface area (Å²) in [6.07, 6.45) is 3.06. The van der Waals surface area contributed by atoms with Crippen LogP contribution in [0.5, 0.6) is 0 Å². The van der Waals surface area contributed by atoms with Crippen LogP contribution < -0.4 is 5.32 Å². The van der Waals surface area contributed by atoms with Crippen molar-refractivity contribution >= 4 is 11.4 Å². The van der Waals surface area contributed by atoms with Crippen LogP contribution in [0.2, 0.25) is 0 Å². The summed E-state index contributed by atoms with van der Waals surface area (Å²) in [6.45, 7) is 6.05. The molecule has 0 unspecified atom stereocenters. The molecule has 3 rings (SSSR count). The normalized spacial score (nSPS) is 24.0. The predicted octanol–water partition coefficient (Wildman–Crippen LogP) is 1.15. The fraction of sp³-hybridized carbons (Fsp3) is 0.545. The Balaban J connectivity index is 2.04. The predicted molar refractivity (Wildman–Crippen MR) is 62.1 cm³/mol. The van der Waals surface area contributed by atoms with Gasteiger partial charge in [-0.15, -0.1) is 10.2 Å². The molecule has 1 atom stereocenters. The summed E-state index contributed by atoms with van der Waals surface area (Å²) in [5.41, 5.74) is 2.12. The number of nitrogens with one attached hydrogen (secondary N) is 1. The molecular formula is C11H15N5. The zero-order valence-corrected chi connectivity index (χ0v) is 9.56. The van der Waals surface area contributed by atoms with E-state index in [1.54, 1.807) is 0 Å². The summed E-state index contributed by atoms with van der Waals surface area (Å²) in [7, 11) is 0. The fourth-order valence-corrected chi connectivity index (χ4v) is 2.21. The molecule has 0 saturated heterocycles. The summed E-state index contributed by atoms with van der Waals surface area (Å²) >= 11 is 0. The molecule has 0 amide bonds. The standard InChI is InChI=1S/C11H15N5/c1-7-3-4-9(13-7)11-15-14-10-8(2)12-5-6-16(10)11/h4,8,12H,3,5-6H2,1-2H3/t8-/m1/s1. The van der Waals surface area contributed by atoms with Gasteiger partial charge in [0.15, 0.2) is 5.82 Å². The lowest BCUT2D eigenvalue weighted by molar-refractivity contribution is 0.435. The molecule has 16 heavy (non-hydrogen) atoms. The van der Waals surface area contributed by atoms with E-state index < -0.39 is 0 Å². The van der Waals surface area contributed by atoms with Gasteiger partial charge in [0.2, 0.25) is 0 Å². The van der Waals surface area contributed by atoms with Crippen LogP contribution in [0.1, 0.15) is 38.0 Å². The second kappa shape index (κ2) is 3.52. The lowest BCUT2D eigenvalue weighted by Gasteiger charge is -2.21. The first-order valence-electron chi connectivity index (χ1n) is 5.67. The van der Waals surface area contributed by atoms with Crippen molar-refractivity contribution in [2.75, 3.05) is 6.54 Å². The van der Waals surface area contributed by atoms with E-state index in [9.17, 15) is 0 Å². The first-order valence-corrected chi connectivity index (χ1v) is 5.67. The van der Waals surface area contributed by atoms with Crippen LogP contribution in [0.4, 0.5) is 0 Å². The molecule has 1 N–H and O–H groups in total. The maximum Gasteiger partial charge on any atom is 0.182 e. The van der Waals surface area contributed by atoms with Crippen molar-refractivity contribution < 1.29 is 0 Å².